The van der Waals surface area contributed by atoms with Crippen molar-refractivity contribution in [3.63, 3.8) is 0 Å². The lowest BCUT2D eigenvalue weighted by Gasteiger charge is -2.08. The van der Waals surface area contributed by atoms with Crippen LogP contribution in [0, 0.1) is 6.92 Å². The second-order valence-corrected chi connectivity index (χ2v) is 6.99. The molecule has 0 aliphatic carbocycles. The molecule has 1 amide bonds. The zero-order chi connectivity index (χ0) is 22.0. The maximum absolute atomic E-state index is 13.1. The Kier molecular flexibility index (Phi) is 5.45. The number of benzene rings is 3. The third kappa shape index (κ3) is 3.88. The lowest BCUT2D eigenvalue weighted by molar-refractivity contribution is 0.101. The predicted octanol–water partition coefficient (Wildman–Crippen LogP) is 5.24. The van der Waals surface area contributed by atoms with E-state index in [-0.39, 0.29) is 17.5 Å². The van der Waals surface area contributed by atoms with E-state index >= 15 is 0 Å². The summed E-state index contributed by atoms with van der Waals surface area (Å²) < 4.78 is 16.4. The minimum absolute atomic E-state index is 0.218. The van der Waals surface area contributed by atoms with Gasteiger partial charge in [-0.2, -0.15) is 0 Å². The van der Waals surface area contributed by atoms with Crippen LogP contribution in [0.4, 0.5) is 5.69 Å². The number of carbonyl (C=O) groups is 2. The van der Waals surface area contributed by atoms with Crippen LogP contribution in [0.1, 0.15) is 32.0 Å². The van der Waals surface area contributed by atoms with Crippen molar-refractivity contribution in [1.82, 2.24) is 0 Å². The molecule has 1 heterocycles. The van der Waals surface area contributed by atoms with Crippen molar-refractivity contribution >= 4 is 28.3 Å². The first-order valence-electron chi connectivity index (χ1n) is 9.68. The highest BCUT2D eigenvalue weighted by Gasteiger charge is 2.21. The molecule has 0 atom stereocenters. The van der Waals surface area contributed by atoms with Crippen molar-refractivity contribution in [2.24, 2.45) is 0 Å². The van der Waals surface area contributed by atoms with Crippen molar-refractivity contribution < 1.29 is 23.5 Å². The molecule has 4 rings (SSSR count). The van der Waals surface area contributed by atoms with Gasteiger partial charge in [-0.25, -0.2) is 0 Å². The number of amides is 1. The van der Waals surface area contributed by atoms with E-state index in [0.29, 0.717) is 33.9 Å². The van der Waals surface area contributed by atoms with Crippen LogP contribution in [0.15, 0.2) is 71.1 Å². The van der Waals surface area contributed by atoms with E-state index in [4.69, 9.17) is 13.9 Å². The van der Waals surface area contributed by atoms with Gasteiger partial charge in [0.25, 0.3) is 5.91 Å². The number of aryl methyl sites for hydroxylation is 1. The molecule has 0 radical (unpaired) electrons. The maximum Gasteiger partial charge on any atom is 0.255 e. The number of anilines is 1. The van der Waals surface area contributed by atoms with Crippen LogP contribution in [0.5, 0.6) is 11.5 Å². The monoisotopic (exact) mass is 415 g/mol. The lowest BCUT2D eigenvalue weighted by atomic mass is 10.0. The molecule has 3 aromatic carbocycles. The first-order valence-corrected chi connectivity index (χ1v) is 9.68. The van der Waals surface area contributed by atoms with Gasteiger partial charge in [-0.1, -0.05) is 18.2 Å². The van der Waals surface area contributed by atoms with Gasteiger partial charge in [0, 0.05) is 33.8 Å². The average molecular weight is 415 g/mol. The zero-order valence-electron chi connectivity index (χ0n) is 17.4. The SMILES string of the molecule is COc1ccc(C(=O)c2oc3cc(NC(=O)c4ccccc4)ccc3c2C)cc1OC. The van der Waals surface area contributed by atoms with Gasteiger partial charge in [0.05, 0.1) is 14.2 Å². The molecule has 6 heteroatoms. The van der Waals surface area contributed by atoms with Crippen molar-refractivity contribution in [2.45, 2.75) is 6.92 Å². The Bertz CT molecular complexity index is 1270. The highest BCUT2D eigenvalue weighted by molar-refractivity contribution is 6.11. The first-order chi connectivity index (χ1) is 15.0. The Morgan fingerprint density at radius 3 is 2.29 bits per heavy atom. The summed E-state index contributed by atoms with van der Waals surface area (Å²) in [7, 11) is 3.06. The number of ether oxygens (including phenoxy) is 2. The van der Waals surface area contributed by atoms with Crippen LogP contribution >= 0.6 is 0 Å². The summed E-state index contributed by atoms with van der Waals surface area (Å²) in [6.45, 7) is 1.84. The Morgan fingerprint density at radius 1 is 0.839 bits per heavy atom. The predicted molar refractivity (Wildman–Crippen MR) is 118 cm³/mol. The van der Waals surface area contributed by atoms with Gasteiger partial charge < -0.3 is 19.2 Å². The van der Waals surface area contributed by atoms with E-state index in [1.807, 2.05) is 19.1 Å². The Labute approximate surface area is 179 Å². The molecule has 0 spiro atoms. The van der Waals surface area contributed by atoms with Gasteiger partial charge in [0.15, 0.2) is 17.3 Å². The number of furan rings is 1. The molecule has 0 unspecified atom stereocenters. The van der Waals surface area contributed by atoms with Gasteiger partial charge in [0.1, 0.15) is 5.58 Å². The molecule has 156 valence electrons. The van der Waals surface area contributed by atoms with Crippen molar-refractivity contribution in [1.29, 1.82) is 0 Å². The summed E-state index contributed by atoms with van der Waals surface area (Å²) in [6, 6.07) is 19.3. The number of rotatable bonds is 6. The smallest absolute Gasteiger partial charge is 0.255 e. The van der Waals surface area contributed by atoms with E-state index in [2.05, 4.69) is 5.32 Å². The summed E-state index contributed by atoms with van der Waals surface area (Å²) in [4.78, 5) is 25.5. The molecule has 0 saturated heterocycles. The van der Waals surface area contributed by atoms with Crippen molar-refractivity contribution in [3.05, 3.63) is 89.2 Å². The first kappa shape index (κ1) is 20.2. The fourth-order valence-corrected chi connectivity index (χ4v) is 3.42. The number of nitrogens with one attached hydrogen (secondary N) is 1. The molecular formula is C25H21NO5. The second kappa shape index (κ2) is 8.36. The highest BCUT2D eigenvalue weighted by atomic mass is 16.5. The maximum atomic E-state index is 13.1. The molecule has 0 aliphatic rings. The molecule has 0 fully saturated rings. The van der Waals surface area contributed by atoms with E-state index in [1.165, 1.54) is 14.2 Å². The standard InChI is InChI=1S/C25H21NO5/c1-15-19-11-10-18(26-25(28)16-7-5-4-6-8-16)14-21(19)31-24(15)23(27)17-9-12-20(29-2)22(13-17)30-3/h4-14H,1-3H3,(H,26,28). The number of hydrogen-bond donors (Lipinski definition) is 1. The normalized spacial score (nSPS) is 10.7. The number of methoxy groups -OCH3 is 2. The minimum Gasteiger partial charge on any atom is -0.493 e. The fraction of sp³-hybridized carbons (Fsp3) is 0.120. The van der Waals surface area contributed by atoms with Crippen LogP contribution in [0.25, 0.3) is 11.0 Å². The molecule has 1 aromatic heterocycles. The van der Waals surface area contributed by atoms with Gasteiger partial charge in [-0.05, 0) is 49.4 Å². The zero-order valence-corrected chi connectivity index (χ0v) is 17.4. The van der Waals surface area contributed by atoms with Crippen LogP contribution in [-0.2, 0) is 0 Å². The lowest BCUT2D eigenvalue weighted by Crippen LogP contribution is -2.11. The largest absolute Gasteiger partial charge is 0.493 e. The van der Waals surface area contributed by atoms with E-state index in [1.54, 1.807) is 54.6 Å². The third-order valence-electron chi connectivity index (χ3n) is 5.08. The molecule has 0 saturated carbocycles. The van der Waals surface area contributed by atoms with Crippen LogP contribution in [0.3, 0.4) is 0 Å². The van der Waals surface area contributed by atoms with E-state index in [9.17, 15) is 9.59 Å². The van der Waals surface area contributed by atoms with E-state index < -0.39 is 0 Å². The second-order valence-electron chi connectivity index (χ2n) is 6.99. The average Bonchev–Trinajstić information content (AvgIpc) is 3.14. The van der Waals surface area contributed by atoms with Crippen molar-refractivity contribution in [3.8, 4) is 11.5 Å². The summed E-state index contributed by atoms with van der Waals surface area (Å²) in [5.74, 6) is 0.773. The van der Waals surface area contributed by atoms with Crippen LogP contribution in [-0.4, -0.2) is 25.9 Å². The molecule has 31 heavy (non-hydrogen) atoms. The minimum atomic E-state index is -0.260. The molecule has 4 aromatic rings. The van der Waals surface area contributed by atoms with Gasteiger partial charge in [0.2, 0.25) is 5.78 Å². The molecule has 6 nitrogen and oxygen atoms in total. The van der Waals surface area contributed by atoms with Gasteiger partial charge in [-0.15, -0.1) is 0 Å². The number of hydrogen-bond acceptors (Lipinski definition) is 5. The molecular weight excluding hydrogens is 394 g/mol. The van der Waals surface area contributed by atoms with Crippen molar-refractivity contribution in [2.75, 3.05) is 19.5 Å². The van der Waals surface area contributed by atoms with Crippen LogP contribution < -0.4 is 14.8 Å². The summed E-state index contributed by atoms with van der Waals surface area (Å²) in [5, 5.41) is 3.66. The molecule has 0 bridgehead atoms. The Morgan fingerprint density at radius 2 is 1.58 bits per heavy atom. The topological polar surface area (TPSA) is 77.8 Å². The summed E-state index contributed by atoms with van der Waals surface area (Å²) in [6.07, 6.45) is 0. The van der Waals surface area contributed by atoms with E-state index in [0.717, 1.165) is 10.9 Å². The summed E-state index contributed by atoms with van der Waals surface area (Å²) >= 11 is 0. The Balaban J connectivity index is 1.65. The van der Waals surface area contributed by atoms with Gasteiger partial charge in [-0.3, -0.25) is 9.59 Å². The quantitative estimate of drug-likeness (QED) is 0.436. The summed E-state index contributed by atoms with van der Waals surface area (Å²) in [5.41, 5.74) is 2.82. The highest BCUT2D eigenvalue weighted by Crippen LogP contribution is 2.32. The number of ketones is 1. The molecule has 0 aliphatic heterocycles. The number of fused-ring (bicyclic) bond motifs is 1. The fourth-order valence-electron chi connectivity index (χ4n) is 3.42. The third-order valence-corrected chi connectivity index (χ3v) is 5.08. The number of carbonyl (C=O) groups excluding carboxylic acids is 2. The van der Waals surface area contributed by atoms with Gasteiger partial charge >= 0.3 is 0 Å². The Hall–Kier alpha value is -4.06. The van der Waals surface area contributed by atoms with Crippen LogP contribution in [0.2, 0.25) is 0 Å². The molecule has 1 N–H and O–H groups in total.